The van der Waals surface area contributed by atoms with E-state index in [1.807, 2.05) is 30.3 Å². The molecule has 3 amide bonds. The van der Waals surface area contributed by atoms with Crippen molar-refractivity contribution in [2.45, 2.75) is 43.0 Å². The molecule has 1 aromatic carbocycles. The SMILES string of the molecule is CC1(C)[C@H](C(=O)OCc2ccccc2)N2C(=O)C[C@H]2S1(CO)C(=O)N1CCN(C=O)CC1. The summed E-state index contributed by atoms with van der Waals surface area (Å²) in [5.74, 6) is -1.16. The Hall–Kier alpha value is -2.59. The van der Waals surface area contributed by atoms with E-state index in [-0.39, 0.29) is 24.2 Å². The summed E-state index contributed by atoms with van der Waals surface area (Å²) in [7, 11) is -2.49. The number of β-lactam (4-membered cyclic amide) rings is 1. The van der Waals surface area contributed by atoms with Gasteiger partial charge >= 0.3 is 5.97 Å². The van der Waals surface area contributed by atoms with Crippen LogP contribution in [0.25, 0.3) is 0 Å². The van der Waals surface area contributed by atoms with Crippen LogP contribution in [0.2, 0.25) is 0 Å². The van der Waals surface area contributed by atoms with Crippen LogP contribution in [0.1, 0.15) is 25.8 Å². The number of hydrogen-bond donors (Lipinski definition) is 1. The number of ether oxygens (including phenoxy) is 1. The lowest BCUT2D eigenvalue weighted by molar-refractivity contribution is -0.162. The Labute approximate surface area is 188 Å². The summed E-state index contributed by atoms with van der Waals surface area (Å²) < 4.78 is 4.60. The number of benzene rings is 1. The van der Waals surface area contributed by atoms with Crippen LogP contribution in [-0.2, 0) is 25.7 Å². The first-order chi connectivity index (χ1) is 15.3. The summed E-state index contributed by atoms with van der Waals surface area (Å²) in [6.07, 6.45) is 0.906. The van der Waals surface area contributed by atoms with Crippen LogP contribution in [0.4, 0.5) is 4.79 Å². The van der Waals surface area contributed by atoms with Crippen molar-refractivity contribution >= 4 is 33.6 Å². The molecule has 4 rings (SSSR count). The summed E-state index contributed by atoms with van der Waals surface area (Å²) in [6.45, 7) is 5.23. The van der Waals surface area contributed by atoms with Gasteiger partial charge in [0, 0.05) is 30.9 Å². The van der Waals surface area contributed by atoms with Crippen molar-refractivity contribution in [3.63, 3.8) is 0 Å². The van der Waals surface area contributed by atoms with Crippen LogP contribution in [0, 0.1) is 0 Å². The lowest BCUT2D eigenvalue weighted by Crippen LogP contribution is -2.57. The number of rotatable bonds is 5. The smallest absolute Gasteiger partial charge is 0.330 e. The van der Waals surface area contributed by atoms with E-state index < -0.39 is 38.1 Å². The van der Waals surface area contributed by atoms with Crippen molar-refractivity contribution in [3.05, 3.63) is 35.9 Å². The molecule has 9 nitrogen and oxygen atoms in total. The highest BCUT2D eigenvalue weighted by molar-refractivity contribution is 8.46. The van der Waals surface area contributed by atoms with Gasteiger partial charge in [0.15, 0.2) is 0 Å². The normalized spacial score (nSPS) is 30.7. The summed E-state index contributed by atoms with van der Waals surface area (Å²) >= 11 is 0. The summed E-state index contributed by atoms with van der Waals surface area (Å²) in [5.41, 5.74) is 0.827. The Morgan fingerprint density at radius 2 is 1.84 bits per heavy atom. The molecule has 0 spiro atoms. The predicted molar refractivity (Wildman–Crippen MR) is 119 cm³/mol. The average Bonchev–Trinajstić information content (AvgIpc) is 2.97. The number of aliphatic hydroxyl groups excluding tert-OH is 1. The molecule has 1 aromatic rings. The first kappa shape index (κ1) is 22.6. The van der Waals surface area contributed by atoms with Crippen LogP contribution in [0.5, 0.6) is 0 Å². The first-order valence-corrected chi connectivity index (χ1v) is 12.5. The topological polar surface area (TPSA) is 107 Å². The molecule has 1 unspecified atom stereocenters. The van der Waals surface area contributed by atoms with Crippen LogP contribution >= 0.6 is 10.0 Å². The summed E-state index contributed by atoms with van der Waals surface area (Å²) in [5, 5.41) is 9.92. The number of esters is 1. The molecule has 0 aliphatic carbocycles. The number of aliphatic hydroxyl groups is 1. The van der Waals surface area contributed by atoms with Crippen LogP contribution in [0.3, 0.4) is 0 Å². The molecule has 0 radical (unpaired) electrons. The van der Waals surface area contributed by atoms with Gasteiger partial charge in [-0.25, -0.2) is 4.79 Å². The molecule has 3 heterocycles. The molecule has 10 heteroatoms. The Kier molecular flexibility index (Phi) is 5.93. The second-order valence-corrected chi connectivity index (χ2v) is 12.7. The van der Waals surface area contributed by atoms with Crippen molar-refractivity contribution < 1.29 is 29.0 Å². The molecule has 3 atom stereocenters. The Morgan fingerprint density at radius 1 is 1.19 bits per heavy atom. The third kappa shape index (κ3) is 3.27. The number of carbonyl (C=O) groups excluding carboxylic acids is 4. The van der Waals surface area contributed by atoms with Gasteiger partial charge in [-0.1, -0.05) is 30.3 Å². The molecule has 174 valence electrons. The van der Waals surface area contributed by atoms with E-state index in [1.54, 1.807) is 23.6 Å². The van der Waals surface area contributed by atoms with Gasteiger partial charge in [-0.2, -0.15) is 0 Å². The Morgan fingerprint density at radius 3 is 2.41 bits per heavy atom. The molecule has 3 fully saturated rings. The van der Waals surface area contributed by atoms with E-state index in [4.69, 9.17) is 4.74 Å². The van der Waals surface area contributed by atoms with Gasteiger partial charge in [0.25, 0.3) is 5.24 Å². The monoisotopic (exact) mass is 463 g/mol. The maximum Gasteiger partial charge on any atom is 0.330 e. The Balaban J connectivity index is 1.60. The Bertz CT molecular complexity index is 918. The van der Waals surface area contributed by atoms with E-state index in [0.29, 0.717) is 26.2 Å². The van der Waals surface area contributed by atoms with E-state index in [2.05, 4.69) is 0 Å². The van der Waals surface area contributed by atoms with Gasteiger partial charge in [-0.15, -0.1) is 10.0 Å². The zero-order chi connectivity index (χ0) is 23.1. The zero-order valence-electron chi connectivity index (χ0n) is 18.3. The minimum atomic E-state index is -2.49. The number of hydrogen-bond acceptors (Lipinski definition) is 6. The summed E-state index contributed by atoms with van der Waals surface area (Å²) in [6, 6.07) is 8.32. The molecule has 1 N–H and O–H groups in total. The van der Waals surface area contributed by atoms with E-state index in [0.717, 1.165) is 12.0 Å². The van der Waals surface area contributed by atoms with Crippen molar-refractivity contribution in [2.24, 2.45) is 0 Å². The molecule has 0 bridgehead atoms. The standard InChI is InChI=1S/C22H29N3O6S/c1-22(2)19(20(29)31-13-16-6-4-3-5-7-16)25-17(28)12-18(25)32(22,15-27)21(30)24-10-8-23(14-26)9-11-24/h3-7,14,18-19,27H,8-13,15H2,1-2H3/t18-,19+/m1/s1. The lowest BCUT2D eigenvalue weighted by atomic mass is 9.98. The highest BCUT2D eigenvalue weighted by Crippen LogP contribution is 2.74. The molecule has 0 saturated carbocycles. The second-order valence-electron chi connectivity index (χ2n) is 8.88. The second kappa shape index (κ2) is 8.40. The minimum Gasteiger partial charge on any atom is -0.459 e. The first-order valence-electron chi connectivity index (χ1n) is 10.7. The van der Waals surface area contributed by atoms with E-state index in [1.165, 1.54) is 4.90 Å². The fourth-order valence-electron chi connectivity index (χ4n) is 5.03. The maximum atomic E-state index is 13.8. The molecule has 3 aliphatic rings. The minimum absolute atomic E-state index is 0.0714. The third-order valence-corrected chi connectivity index (χ3v) is 11.7. The van der Waals surface area contributed by atoms with Gasteiger partial charge < -0.3 is 24.5 Å². The number of carbonyl (C=O) groups is 4. The van der Waals surface area contributed by atoms with Gasteiger partial charge in [-0.3, -0.25) is 14.4 Å². The van der Waals surface area contributed by atoms with Gasteiger partial charge in [-0.05, 0) is 19.4 Å². The van der Waals surface area contributed by atoms with Gasteiger partial charge in [0.05, 0.1) is 17.7 Å². The maximum absolute atomic E-state index is 13.8. The fourth-order valence-corrected chi connectivity index (χ4v) is 9.33. The number of piperazine rings is 1. The molecule has 0 aromatic heterocycles. The summed E-state index contributed by atoms with van der Waals surface area (Å²) in [4.78, 5) is 55.3. The van der Waals surface area contributed by atoms with Gasteiger partial charge in [0.1, 0.15) is 12.6 Å². The van der Waals surface area contributed by atoms with Crippen LogP contribution in [0.15, 0.2) is 30.3 Å². The number of amides is 3. The largest absolute Gasteiger partial charge is 0.459 e. The van der Waals surface area contributed by atoms with Crippen molar-refractivity contribution in [1.82, 2.24) is 14.7 Å². The number of nitrogens with zero attached hydrogens (tertiary/aromatic N) is 3. The van der Waals surface area contributed by atoms with Gasteiger partial charge in [0.2, 0.25) is 12.3 Å². The molecule has 32 heavy (non-hydrogen) atoms. The number of fused-ring (bicyclic) bond motifs is 1. The molecule has 3 saturated heterocycles. The highest BCUT2D eigenvalue weighted by atomic mass is 32.3. The van der Waals surface area contributed by atoms with Crippen LogP contribution < -0.4 is 0 Å². The van der Waals surface area contributed by atoms with Crippen molar-refractivity contribution in [1.29, 1.82) is 0 Å². The van der Waals surface area contributed by atoms with Crippen LogP contribution in [-0.4, -0.2) is 91.6 Å². The highest BCUT2D eigenvalue weighted by Gasteiger charge is 2.72. The molecular weight excluding hydrogens is 434 g/mol. The van der Waals surface area contributed by atoms with Crippen molar-refractivity contribution in [3.8, 4) is 0 Å². The van der Waals surface area contributed by atoms with E-state index in [9.17, 15) is 24.3 Å². The quantitative estimate of drug-likeness (QED) is 0.398. The lowest BCUT2D eigenvalue weighted by Gasteiger charge is -2.51. The van der Waals surface area contributed by atoms with Crippen molar-refractivity contribution in [2.75, 3.05) is 32.1 Å². The average molecular weight is 464 g/mol. The molecular formula is C22H29N3O6S. The zero-order valence-corrected chi connectivity index (χ0v) is 19.1. The predicted octanol–water partition coefficient (Wildman–Crippen LogP) is 1.10. The fraction of sp³-hybridized carbons (Fsp3) is 0.545. The molecule has 3 aliphatic heterocycles. The third-order valence-electron chi connectivity index (χ3n) is 6.97. The van der Waals surface area contributed by atoms with E-state index >= 15 is 0 Å².